The second kappa shape index (κ2) is 12.5. The summed E-state index contributed by atoms with van der Waals surface area (Å²) >= 11 is 0. The van der Waals surface area contributed by atoms with Crippen molar-refractivity contribution in [3.05, 3.63) is 35.9 Å². The normalized spacial score (nSPS) is 11.8. The number of unbranched alkanes of at least 4 members (excludes halogenated alkanes) is 1. The van der Waals surface area contributed by atoms with Crippen molar-refractivity contribution in [1.29, 1.82) is 0 Å². The second-order valence-electron chi connectivity index (χ2n) is 5.15. The van der Waals surface area contributed by atoms with Crippen molar-refractivity contribution >= 4 is 12.0 Å². The molecule has 0 spiro atoms. The smallest absolute Gasteiger partial charge is 0.330 e. The first kappa shape index (κ1) is 21.0. The van der Waals surface area contributed by atoms with Crippen LogP contribution in [0.2, 0.25) is 0 Å². The third-order valence-electron chi connectivity index (χ3n) is 3.53. The summed E-state index contributed by atoms with van der Waals surface area (Å²) in [6, 6.07) is 7.53. The summed E-state index contributed by atoms with van der Waals surface area (Å²) in [5.74, 6) is 1.00. The second-order valence-corrected chi connectivity index (χ2v) is 5.15. The standard InChI is InChI=1S/C18H26O3.Ag/c1-4-6-7-15(5-2)14-21-18(19)13-10-16-8-11-17(20-3)12-9-16;/h8-13,15H,4-7,14H2,1-3H3;/b13-10+;. The van der Waals surface area contributed by atoms with Gasteiger partial charge in [-0.1, -0.05) is 45.2 Å². The molecule has 1 atom stereocenters. The van der Waals surface area contributed by atoms with Gasteiger partial charge in [-0.15, -0.1) is 0 Å². The van der Waals surface area contributed by atoms with Gasteiger partial charge >= 0.3 is 5.97 Å². The number of carbonyl (C=O) groups excluding carboxylic acids is 1. The van der Waals surface area contributed by atoms with Crippen molar-refractivity contribution < 1.29 is 36.6 Å². The van der Waals surface area contributed by atoms with E-state index in [0.29, 0.717) is 12.5 Å². The summed E-state index contributed by atoms with van der Waals surface area (Å²) in [5.41, 5.74) is 0.950. The Labute approximate surface area is 149 Å². The van der Waals surface area contributed by atoms with E-state index in [4.69, 9.17) is 9.47 Å². The zero-order valence-corrected chi connectivity index (χ0v) is 15.1. The molecule has 0 aliphatic heterocycles. The molecule has 0 aliphatic rings. The van der Waals surface area contributed by atoms with E-state index in [-0.39, 0.29) is 28.3 Å². The molecule has 0 heterocycles. The molecule has 127 valence electrons. The van der Waals surface area contributed by atoms with Crippen LogP contribution in [0, 0.1) is 5.92 Å². The largest absolute Gasteiger partial charge is 0.497 e. The quantitative estimate of drug-likeness (QED) is 0.350. The summed E-state index contributed by atoms with van der Waals surface area (Å²) < 4.78 is 10.4. The van der Waals surface area contributed by atoms with Crippen molar-refractivity contribution in [3.63, 3.8) is 0 Å². The topological polar surface area (TPSA) is 35.5 Å². The van der Waals surface area contributed by atoms with Crippen LogP contribution in [-0.4, -0.2) is 19.7 Å². The van der Waals surface area contributed by atoms with Crippen LogP contribution >= 0.6 is 0 Å². The Kier molecular flexibility index (Phi) is 11.9. The predicted molar refractivity (Wildman–Crippen MR) is 86.3 cm³/mol. The van der Waals surface area contributed by atoms with E-state index in [0.717, 1.165) is 24.2 Å². The Morgan fingerprint density at radius 3 is 2.45 bits per heavy atom. The number of hydrogen-bond donors (Lipinski definition) is 0. The fourth-order valence-corrected chi connectivity index (χ4v) is 2.03. The molecule has 0 N–H and O–H groups in total. The molecular weight excluding hydrogens is 372 g/mol. The van der Waals surface area contributed by atoms with E-state index in [1.807, 2.05) is 24.3 Å². The molecule has 1 rings (SSSR count). The van der Waals surface area contributed by atoms with Gasteiger partial charge < -0.3 is 9.47 Å². The molecule has 0 fully saturated rings. The van der Waals surface area contributed by atoms with Crippen LogP contribution < -0.4 is 4.74 Å². The third kappa shape index (κ3) is 8.42. The SMILES string of the molecule is CCCCC(CC)COC(=O)/C=C/c1ccc(OC)cc1.[Ag]. The molecule has 0 amide bonds. The molecular formula is C18H26AgO3. The van der Waals surface area contributed by atoms with Gasteiger partial charge in [0, 0.05) is 28.5 Å². The first-order valence-electron chi connectivity index (χ1n) is 7.68. The first-order chi connectivity index (χ1) is 10.2. The maximum absolute atomic E-state index is 11.7. The van der Waals surface area contributed by atoms with Gasteiger partial charge in [0.25, 0.3) is 0 Å². The zero-order chi connectivity index (χ0) is 15.5. The van der Waals surface area contributed by atoms with Crippen LogP contribution in [0.1, 0.15) is 45.1 Å². The number of ether oxygens (including phenoxy) is 2. The average Bonchev–Trinajstić information content (AvgIpc) is 2.53. The van der Waals surface area contributed by atoms with Gasteiger partial charge in [0.15, 0.2) is 0 Å². The van der Waals surface area contributed by atoms with Crippen LogP contribution in [0.25, 0.3) is 6.08 Å². The predicted octanol–water partition coefficient (Wildman–Crippen LogP) is 4.47. The summed E-state index contributed by atoms with van der Waals surface area (Å²) in [5, 5.41) is 0. The van der Waals surface area contributed by atoms with E-state index in [1.165, 1.54) is 18.9 Å². The van der Waals surface area contributed by atoms with Crippen LogP contribution in [0.3, 0.4) is 0 Å². The molecule has 3 nitrogen and oxygen atoms in total. The minimum atomic E-state index is -0.277. The Morgan fingerprint density at radius 1 is 1.23 bits per heavy atom. The van der Waals surface area contributed by atoms with Crippen LogP contribution in [0.15, 0.2) is 30.3 Å². The summed E-state index contributed by atoms with van der Waals surface area (Å²) in [6.45, 7) is 4.83. The Balaban J connectivity index is 0.00000441. The maximum Gasteiger partial charge on any atom is 0.330 e. The summed E-state index contributed by atoms with van der Waals surface area (Å²) in [7, 11) is 1.63. The van der Waals surface area contributed by atoms with Crippen molar-refractivity contribution in [1.82, 2.24) is 0 Å². The number of rotatable bonds is 9. The molecule has 0 bridgehead atoms. The molecule has 0 aliphatic carbocycles. The van der Waals surface area contributed by atoms with Crippen LogP contribution in [0.5, 0.6) is 5.75 Å². The third-order valence-corrected chi connectivity index (χ3v) is 3.53. The summed E-state index contributed by atoms with van der Waals surface area (Å²) in [4.78, 5) is 11.7. The molecule has 4 heteroatoms. The number of benzene rings is 1. The number of methoxy groups -OCH3 is 1. The van der Waals surface area contributed by atoms with E-state index in [1.54, 1.807) is 13.2 Å². The molecule has 0 saturated heterocycles. The number of esters is 1. The monoisotopic (exact) mass is 397 g/mol. The van der Waals surface area contributed by atoms with Crippen molar-refractivity contribution in [2.45, 2.75) is 39.5 Å². The zero-order valence-electron chi connectivity index (χ0n) is 13.6. The van der Waals surface area contributed by atoms with Gasteiger partial charge in [-0.2, -0.15) is 0 Å². The Morgan fingerprint density at radius 2 is 1.91 bits per heavy atom. The minimum absolute atomic E-state index is 0. The van der Waals surface area contributed by atoms with Crippen molar-refractivity contribution in [3.8, 4) is 5.75 Å². The molecule has 1 aromatic carbocycles. The molecule has 22 heavy (non-hydrogen) atoms. The number of hydrogen-bond acceptors (Lipinski definition) is 3. The fourth-order valence-electron chi connectivity index (χ4n) is 2.03. The summed E-state index contributed by atoms with van der Waals surface area (Å²) in [6.07, 6.45) is 7.79. The van der Waals surface area contributed by atoms with Gasteiger partial charge in [0.1, 0.15) is 5.75 Å². The van der Waals surface area contributed by atoms with Crippen LogP contribution in [0.4, 0.5) is 0 Å². The molecule has 1 unspecified atom stereocenters. The fraction of sp³-hybridized carbons (Fsp3) is 0.500. The Bertz CT molecular complexity index is 440. The van der Waals surface area contributed by atoms with Crippen LogP contribution in [-0.2, 0) is 31.9 Å². The van der Waals surface area contributed by atoms with E-state index in [9.17, 15) is 4.79 Å². The van der Waals surface area contributed by atoms with Gasteiger partial charge in [0.2, 0.25) is 0 Å². The van der Waals surface area contributed by atoms with Crippen molar-refractivity contribution in [2.24, 2.45) is 5.92 Å². The molecule has 0 aromatic heterocycles. The Hall–Kier alpha value is -1.03. The average molecular weight is 398 g/mol. The molecule has 0 saturated carbocycles. The van der Waals surface area contributed by atoms with Gasteiger partial charge in [-0.25, -0.2) is 4.79 Å². The van der Waals surface area contributed by atoms with Gasteiger partial charge in [-0.05, 0) is 36.1 Å². The van der Waals surface area contributed by atoms with E-state index >= 15 is 0 Å². The van der Waals surface area contributed by atoms with Gasteiger partial charge in [-0.3, -0.25) is 0 Å². The van der Waals surface area contributed by atoms with E-state index in [2.05, 4.69) is 13.8 Å². The van der Waals surface area contributed by atoms with Crippen molar-refractivity contribution in [2.75, 3.05) is 13.7 Å². The van der Waals surface area contributed by atoms with Gasteiger partial charge in [0.05, 0.1) is 13.7 Å². The number of carbonyl (C=O) groups is 1. The maximum atomic E-state index is 11.7. The first-order valence-corrected chi connectivity index (χ1v) is 7.68. The molecule has 1 aromatic rings. The van der Waals surface area contributed by atoms with E-state index < -0.39 is 0 Å². The minimum Gasteiger partial charge on any atom is -0.497 e. The molecule has 1 radical (unpaired) electrons.